The zero-order valence-electron chi connectivity index (χ0n) is 82.9. The molecule has 772 valence electrons. The molecule has 12 atom stereocenters. The monoisotopic (exact) mass is 2020 g/mol. The zero-order valence-corrected chi connectivity index (χ0v) is 85.1. The van der Waals surface area contributed by atoms with Crippen molar-refractivity contribution in [2.45, 2.75) is 260 Å². The van der Waals surface area contributed by atoms with E-state index in [0.29, 0.717) is 74.2 Å². The van der Waals surface area contributed by atoms with Gasteiger partial charge in [-0.2, -0.15) is 0 Å². The number of benzene rings is 3. The molecule has 5 aliphatic heterocycles. The number of aromatic nitrogens is 3. The Kier molecular flexibility index (Phi) is 42.6. The van der Waals surface area contributed by atoms with Crippen LogP contribution in [0, 0.1) is 34.0 Å². The molecule has 39 heteroatoms. The minimum atomic E-state index is -1.79. The Balaban J connectivity index is 0.000000289. The molecular weight excluding hydrogens is 1880 g/mol. The second-order valence-electron chi connectivity index (χ2n) is 39.0. The number of methoxy groups -OCH3 is 3. The maximum absolute atomic E-state index is 13.6. The van der Waals surface area contributed by atoms with Gasteiger partial charge in [-0.15, -0.1) is 0 Å². The highest BCUT2D eigenvalue weighted by Gasteiger charge is 2.44. The molecule has 10 bridgehead atoms. The van der Waals surface area contributed by atoms with Crippen LogP contribution in [0.1, 0.15) is 230 Å². The number of carbonyl (C=O) groups is 13. The predicted octanol–water partition coefficient (Wildman–Crippen LogP) is 12.6. The predicted molar refractivity (Wildman–Crippen MR) is 538 cm³/mol. The number of nitrogens with one attached hydrogen (secondary N) is 9. The van der Waals surface area contributed by atoms with Gasteiger partial charge in [-0.3, -0.25) is 87.5 Å². The number of hydrogen-bond donors (Lipinski definition) is 9. The van der Waals surface area contributed by atoms with Gasteiger partial charge in [0.25, 0.3) is 35.4 Å². The van der Waals surface area contributed by atoms with Gasteiger partial charge in [-0.1, -0.05) is 182 Å². The fourth-order valence-corrected chi connectivity index (χ4v) is 15.4. The average molecular weight is 2020 g/mol. The molecule has 5 aliphatic rings. The van der Waals surface area contributed by atoms with Gasteiger partial charge < -0.3 is 69.8 Å². The lowest BCUT2D eigenvalue weighted by atomic mass is 9.91. The minimum Gasteiger partial charge on any atom is -0.460 e. The quantitative estimate of drug-likeness (QED) is 0.0195. The molecule has 1 unspecified atom stereocenters. The normalized spacial score (nSPS) is 22.4. The van der Waals surface area contributed by atoms with E-state index in [1.54, 1.807) is 128 Å². The SMILES string of the molecule is C.C.COCC(NC(=O)[C@@H](OC(=O)C(C)(C)/C=C/c1ccc2ccc([C@@H](C)NC(=O)OC(C)(C)C)nc2c1)C(C)C)C(=O)N1CCC[C@@H](C(=O)OCC(Cl)(Cl)Cl)N1.COC[C@@H]1NC(=O)[C@H](C(C)C)OC(=O)C(C)(C)/C=C/c2ccc3ccc(nc3c2)[C@@H](C)NC(=O)[C@@H]2CCCN(N2)C1=O.COC[C@H]1NC(=O)[C@H](C(C)C)OC(=O)C(C)(C)/C=C/c2ccc3ccc(nc3c2)[C@@H](C)NC(=O)[C@@H]2CCCN(N2)C1=O. The molecule has 11 rings (SSSR count). The van der Waals surface area contributed by atoms with Crippen molar-refractivity contribution in [1.82, 2.24) is 78.2 Å². The molecule has 3 saturated heterocycles. The number of halogens is 3. The van der Waals surface area contributed by atoms with Crippen LogP contribution in [0.2, 0.25) is 0 Å². The molecule has 9 amide bonds. The Hall–Kier alpha value is -11.4. The third-order valence-corrected chi connectivity index (χ3v) is 23.8. The van der Waals surface area contributed by atoms with Gasteiger partial charge in [-0.05, 0) is 192 Å². The van der Waals surface area contributed by atoms with Crippen LogP contribution in [-0.2, 0) is 95.4 Å². The number of carbonyl (C=O) groups excluding carboxylic acids is 13. The molecule has 8 heterocycles. The Morgan fingerprint density at radius 2 is 1.01 bits per heavy atom. The molecule has 9 N–H and O–H groups in total. The summed E-state index contributed by atoms with van der Waals surface area (Å²) in [6, 6.07) is 22.0. The van der Waals surface area contributed by atoms with E-state index < -0.39 is 164 Å². The van der Waals surface area contributed by atoms with E-state index in [9.17, 15) is 62.3 Å². The van der Waals surface area contributed by atoms with E-state index in [1.807, 2.05) is 124 Å². The number of nitrogens with zero attached hydrogens (tertiary/aromatic N) is 6. The van der Waals surface area contributed by atoms with Crippen molar-refractivity contribution < 1.29 is 100 Å². The summed E-state index contributed by atoms with van der Waals surface area (Å²) in [6.45, 7) is 31.7. The van der Waals surface area contributed by atoms with E-state index in [4.69, 9.17) is 87.6 Å². The molecule has 36 nitrogen and oxygen atoms in total. The molecule has 3 fully saturated rings. The molecule has 3 aromatic heterocycles. The van der Waals surface area contributed by atoms with Crippen LogP contribution in [-0.4, -0.2) is 239 Å². The molecule has 0 spiro atoms. The Morgan fingerprint density at radius 3 is 1.46 bits per heavy atom. The number of rotatable bonds is 20. The number of esters is 4. The average Bonchev–Trinajstić information content (AvgIpc) is 1.49. The number of pyridine rings is 3. The van der Waals surface area contributed by atoms with Crippen molar-refractivity contribution in [3.63, 3.8) is 0 Å². The number of fused-ring (bicyclic) bond motifs is 9. The van der Waals surface area contributed by atoms with Crippen molar-refractivity contribution in [1.29, 1.82) is 0 Å². The van der Waals surface area contributed by atoms with Crippen molar-refractivity contribution >= 4 is 163 Å². The summed E-state index contributed by atoms with van der Waals surface area (Å²) in [5, 5.41) is 23.6. The summed E-state index contributed by atoms with van der Waals surface area (Å²) in [5.74, 6) is -7.60. The summed E-state index contributed by atoms with van der Waals surface area (Å²) < 4.78 is 41.6. The molecule has 0 saturated carbocycles. The lowest BCUT2D eigenvalue weighted by Gasteiger charge is -2.36. The highest BCUT2D eigenvalue weighted by molar-refractivity contribution is 6.67. The highest BCUT2D eigenvalue weighted by atomic mass is 35.6. The van der Waals surface area contributed by atoms with Crippen LogP contribution in [0.25, 0.3) is 50.9 Å². The van der Waals surface area contributed by atoms with Crippen LogP contribution >= 0.6 is 34.8 Å². The first-order chi connectivity index (χ1) is 65.3. The van der Waals surface area contributed by atoms with Gasteiger partial charge >= 0.3 is 30.0 Å². The van der Waals surface area contributed by atoms with E-state index in [2.05, 4.69) is 48.2 Å². The number of amides is 9. The third-order valence-electron chi connectivity index (χ3n) is 23.4. The van der Waals surface area contributed by atoms with Crippen molar-refractivity contribution in [3.05, 3.63) is 143 Å². The largest absolute Gasteiger partial charge is 0.460 e. The maximum atomic E-state index is 13.6. The van der Waals surface area contributed by atoms with Gasteiger partial charge in [0.1, 0.15) is 48.5 Å². The van der Waals surface area contributed by atoms with Crippen LogP contribution in [0.3, 0.4) is 0 Å². The number of alkyl halides is 3. The van der Waals surface area contributed by atoms with Crippen LogP contribution in [0.5, 0.6) is 0 Å². The number of hydrogen-bond acceptors (Lipinski definition) is 27. The summed E-state index contributed by atoms with van der Waals surface area (Å²) in [7, 11) is 4.23. The van der Waals surface area contributed by atoms with Crippen LogP contribution < -0.4 is 48.2 Å². The first kappa shape index (κ1) is 117. The van der Waals surface area contributed by atoms with E-state index in [-0.39, 0.29) is 77.0 Å². The Morgan fingerprint density at radius 1 is 0.560 bits per heavy atom. The van der Waals surface area contributed by atoms with Crippen LogP contribution in [0.4, 0.5) is 4.79 Å². The molecular formula is C102H142Cl3N15O21. The molecule has 6 aromatic rings. The smallest absolute Gasteiger partial charge is 0.408 e. The topological polar surface area (TPSA) is 452 Å². The molecule has 0 aliphatic carbocycles. The van der Waals surface area contributed by atoms with Gasteiger partial charge in [0.2, 0.25) is 15.6 Å². The van der Waals surface area contributed by atoms with Gasteiger partial charge in [0.15, 0.2) is 18.3 Å². The summed E-state index contributed by atoms with van der Waals surface area (Å²) in [4.78, 5) is 187. The van der Waals surface area contributed by atoms with E-state index in [0.717, 1.165) is 43.9 Å². The summed E-state index contributed by atoms with van der Waals surface area (Å²) >= 11 is 17.1. The first-order valence-corrected chi connectivity index (χ1v) is 47.8. The van der Waals surface area contributed by atoms with Crippen LogP contribution in [0.15, 0.2) is 109 Å². The standard InChI is InChI=1S/C38H52Cl3N5O9.2C31H41N5O6.2CH4/c1-22(2)30(31(47)44-29(20-52-9)32(48)46-18-10-11-27(45-46)33(49)53-21-38(39,40)41)54-34(50)37(7,8)17-16-24-12-13-25-14-15-26(43-28(25)19-24)23(3)42-35(51)55-36(4,5)6;2*1-18(2)26-28(38)34-25(17-41-6)29(39)36-15-7-8-23(35-36)27(37)32-19(3)22-12-11-21-10-9-20(16-24(21)33-22)13-14-31(4,5)30(40)42-26;;/h12-17,19,22-23,27,29-30,45H,10-11,18,20-21H2,1-9H3,(H,42,51)(H,44,47);2*9-14,16,18-19,23,25-26,35H,7-8,15,17H2,1-6H3,(H,32,37)(H,34,38);2*1H4/b17-16+;2*14-13+;;/t23-,27+,29?,30+;19-,23+,25+,26+;19-,23+,25-,26+;;/m111../s1. The van der Waals surface area contributed by atoms with Gasteiger partial charge in [0.05, 0.1) is 87.8 Å². The lowest BCUT2D eigenvalue weighted by Crippen LogP contribution is -2.62. The fraction of sp³-hybridized carbons (Fsp3) is 0.549. The maximum Gasteiger partial charge on any atom is 0.408 e. The lowest BCUT2D eigenvalue weighted by molar-refractivity contribution is -0.165. The van der Waals surface area contributed by atoms with Gasteiger partial charge in [0, 0.05) is 57.1 Å². The van der Waals surface area contributed by atoms with Crippen molar-refractivity contribution in [2.75, 3.05) is 67.4 Å². The number of hydrazine groups is 3. The molecule has 3 aromatic carbocycles. The number of cyclic esters (lactones) is 2. The minimum absolute atomic E-state index is 0. The molecule has 141 heavy (non-hydrogen) atoms. The number of alkyl carbamates (subject to hydrolysis) is 1. The van der Waals surface area contributed by atoms with Crippen molar-refractivity contribution in [3.8, 4) is 0 Å². The van der Waals surface area contributed by atoms with E-state index in [1.165, 1.54) is 36.4 Å². The second-order valence-corrected chi connectivity index (χ2v) is 41.5. The molecule has 0 radical (unpaired) electrons. The third kappa shape index (κ3) is 33.4. The fourth-order valence-electron chi connectivity index (χ4n) is 15.2. The number of ether oxygens (including phenoxy) is 8. The van der Waals surface area contributed by atoms with E-state index >= 15 is 0 Å². The zero-order chi connectivity index (χ0) is 103. The van der Waals surface area contributed by atoms with Crippen molar-refractivity contribution in [2.24, 2.45) is 34.0 Å². The Bertz CT molecular complexity index is 5320. The van der Waals surface area contributed by atoms with Gasteiger partial charge in [-0.25, -0.2) is 21.1 Å². The second kappa shape index (κ2) is 51.6. The Labute approximate surface area is 841 Å². The summed E-state index contributed by atoms with van der Waals surface area (Å²) in [6.07, 6.45) is 9.56. The first-order valence-electron chi connectivity index (χ1n) is 46.7. The summed E-state index contributed by atoms with van der Waals surface area (Å²) in [5.41, 5.74) is 11.6. The highest BCUT2D eigenvalue weighted by Crippen LogP contribution is 2.33.